The van der Waals surface area contributed by atoms with Gasteiger partial charge < -0.3 is 18.9 Å². The third-order valence-corrected chi connectivity index (χ3v) is 12.9. The number of hydrogen-bond donors (Lipinski definition) is 1. The fraction of sp³-hybridized carbons (Fsp3) is 0.705. The number of esters is 2. The van der Waals surface area contributed by atoms with Crippen LogP contribution in [0, 0.1) is 0 Å². The molecular formula is C61H107NO8P+. The Hall–Kier alpha value is -3.07. The van der Waals surface area contributed by atoms with Crippen LogP contribution in [-0.2, 0) is 32.7 Å². The van der Waals surface area contributed by atoms with E-state index in [9.17, 15) is 19.0 Å². The molecule has 1 N–H and O–H groups in total. The summed E-state index contributed by atoms with van der Waals surface area (Å²) in [5.74, 6) is -0.803. The Bertz CT molecular complexity index is 1520. The number of allylic oxidation sites excluding steroid dienone is 16. The van der Waals surface area contributed by atoms with Crippen LogP contribution in [0.2, 0.25) is 0 Å². The van der Waals surface area contributed by atoms with E-state index >= 15 is 0 Å². The van der Waals surface area contributed by atoms with Crippen molar-refractivity contribution in [3.63, 3.8) is 0 Å². The van der Waals surface area contributed by atoms with Gasteiger partial charge in [-0.2, -0.15) is 0 Å². The van der Waals surface area contributed by atoms with Crippen LogP contribution in [0.5, 0.6) is 0 Å². The molecule has 0 aromatic heterocycles. The third kappa shape index (κ3) is 56.1. The maximum atomic E-state index is 12.8. The van der Waals surface area contributed by atoms with Crippen LogP contribution in [0.4, 0.5) is 0 Å². The van der Waals surface area contributed by atoms with Crippen molar-refractivity contribution in [3.05, 3.63) is 97.2 Å². The van der Waals surface area contributed by atoms with Gasteiger partial charge in [0.05, 0.1) is 27.7 Å². The maximum Gasteiger partial charge on any atom is 0.472 e. The van der Waals surface area contributed by atoms with Crippen molar-refractivity contribution in [2.75, 3.05) is 47.5 Å². The molecular weight excluding hydrogens is 906 g/mol. The largest absolute Gasteiger partial charge is 0.472 e. The van der Waals surface area contributed by atoms with Crippen molar-refractivity contribution in [1.29, 1.82) is 0 Å². The number of phosphoric ester groups is 1. The van der Waals surface area contributed by atoms with Crippen LogP contribution < -0.4 is 0 Å². The average molecular weight is 1010 g/mol. The second kappa shape index (κ2) is 51.8. The number of unbranched alkanes of at least 4 members (excludes halogenated alkanes) is 21. The topological polar surface area (TPSA) is 108 Å². The fourth-order valence-corrected chi connectivity index (χ4v) is 8.24. The quantitative estimate of drug-likeness (QED) is 0.0211. The summed E-state index contributed by atoms with van der Waals surface area (Å²) in [5.41, 5.74) is 0. The van der Waals surface area contributed by atoms with E-state index in [1.165, 1.54) is 96.3 Å². The minimum atomic E-state index is -4.38. The minimum absolute atomic E-state index is 0.0281. The van der Waals surface area contributed by atoms with Crippen molar-refractivity contribution in [3.8, 4) is 0 Å². The molecule has 0 radical (unpaired) electrons. The predicted molar refractivity (Wildman–Crippen MR) is 302 cm³/mol. The highest BCUT2D eigenvalue weighted by molar-refractivity contribution is 7.47. The van der Waals surface area contributed by atoms with Crippen LogP contribution in [0.3, 0.4) is 0 Å². The van der Waals surface area contributed by atoms with Crippen molar-refractivity contribution in [1.82, 2.24) is 0 Å². The van der Waals surface area contributed by atoms with Crippen molar-refractivity contribution in [2.24, 2.45) is 0 Å². The summed E-state index contributed by atoms with van der Waals surface area (Å²) >= 11 is 0. The number of phosphoric acid groups is 1. The van der Waals surface area contributed by atoms with E-state index in [0.29, 0.717) is 17.4 Å². The molecule has 10 heteroatoms. The summed E-state index contributed by atoms with van der Waals surface area (Å²) in [6.45, 7) is 4.30. The first-order valence-corrected chi connectivity index (χ1v) is 30.0. The van der Waals surface area contributed by atoms with Gasteiger partial charge in [-0.1, -0.05) is 233 Å². The molecule has 2 atom stereocenters. The van der Waals surface area contributed by atoms with E-state index in [-0.39, 0.29) is 32.0 Å². The third-order valence-electron chi connectivity index (χ3n) is 11.9. The summed E-state index contributed by atoms with van der Waals surface area (Å²) in [5, 5.41) is 0. The molecule has 9 nitrogen and oxygen atoms in total. The summed E-state index contributed by atoms with van der Waals surface area (Å²) < 4.78 is 34.5. The maximum absolute atomic E-state index is 12.8. The van der Waals surface area contributed by atoms with E-state index in [0.717, 1.165) is 96.3 Å². The SMILES string of the molecule is CC/C=C\C/C=C\C/C=C\C/C=C\C/C=C\C/C=C\C/C=C\C/C=C\CCCCCCCCCCCCC(=O)OC(COC(=O)CCCCCCCCCCCCCC)COP(=O)(O)OCC[N+](C)(C)C. The second-order valence-electron chi connectivity index (χ2n) is 19.9. The Balaban J connectivity index is 4.10. The van der Waals surface area contributed by atoms with Crippen molar-refractivity contribution >= 4 is 19.8 Å². The predicted octanol–water partition coefficient (Wildman–Crippen LogP) is 17.6. The van der Waals surface area contributed by atoms with Crippen LogP contribution in [0.25, 0.3) is 0 Å². The molecule has 408 valence electrons. The molecule has 0 fully saturated rings. The average Bonchev–Trinajstić information content (AvgIpc) is 3.33. The molecule has 0 aromatic carbocycles. The number of rotatable bonds is 51. The molecule has 0 heterocycles. The molecule has 2 unspecified atom stereocenters. The standard InChI is InChI=1S/C61H106NO8P/c1-6-8-10-12-14-16-18-20-21-22-23-24-25-26-27-28-29-30-31-32-33-34-35-36-37-38-39-40-41-42-44-46-48-50-52-54-61(64)70-59(58-69-71(65,66)68-56-55-62(3,4)5)57-67-60(63)53-51-49-47-45-43-19-17-15-13-11-9-7-2/h8,10,14,16,20-21,23-24,26-27,29-30,32-33,35-36,59H,6-7,9,11-13,15,17-19,22,25,28,31,34,37-58H2,1-5H3/p+1/b10-8-,16-14-,21-20-,24-23-,27-26-,30-29-,33-32-,36-35-. The zero-order valence-corrected chi connectivity index (χ0v) is 47.1. The van der Waals surface area contributed by atoms with Crippen molar-refractivity contribution < 1.29 is 42.1 Å². The van der Waals surface area contributed by atoms with E-state index in [1.54, 1.807) is 0 Å². The Labute approximate surface area is 436 Å². The lowest BCUT2D eigenvalue weighted by Crippen LogP contribution is -2.37. The van der Waals surface area contributed by atoms with Gasteiger partial charge in [0, 0.05) is 12.8 Å². The lowest BCUT2D eigenvalue weighted by Gasteiger charge is -2.24. The minimum Gasteiger partial charge on any atom is -0.462 e. The molecule has 0 saturated carbocycles. The Morgan fingerprint density at radius 2 is 0.803 bits per heavy atom. The molecule has 0 bridgehead atoms. The summed E-state index contributed by atoms with van der Waals surface area (Å²) in [7, 11) is 1.47. The van der Waals surface area contributed by atoms with Gasteiger partial charge in [-0.05, 0) is 77.0 Å². The van der Waals surface area contributed by atoms with Crippen LogP contribution in [-0.4, -0.2) is 74.9 Å². The van der Waals surface area contributed by atoms with E-state index in [1.807, 2.05) is 21.1 Å². The van der Waals surface area contributed by atoms with Gasteiger partial charge in [0.1, 0.15) is 19.8 Å². The fourth-order valence-electron chi connectivity index (χ4n) is 7.50. The molecule has 0 aliphatic heterocycles. The van der Waals surface area contributed by atoms with Gasteiger partial charge in [0.15, 0.2) is 6.10 Å². The van der Waals surface area contributed by atoms with Gasteiger partial charge in [-0.15, -0.1) is 0 Å². The molecule has 0 spiro atoms. The zero-order valence-electron chi connectivity index (χ0n) is 46.2. The van der Waals surface area contributed by atoms with Crippen LogP contribution >= 0.6 is 7.82 Å². The number of carbonyl (C=O) groups excluding carboxylic acids is 2. The van der Waals surface area contributed by atoms with Gasteiger partial charge in [0.2, 0.25) is 0 Å². The van der Waals surface area contributed by atoms with E-state index in [4.69, 9.17) is 18.5 Å². The summed E-state index contributed by atoms with van der Waals surface area (Å²) in [4.78, 5) is 35.6. The number of nitrogens with zero attached hydrogens (tertiary/aromatic N) is 1. The number of ether oxygens (including phenoxy) is 2. The molecule has 0 aliphatic rings. The molecule has 0 amide bonds. The normalized spacial score (nSPS) is 14.1. The Morgan fingerprint density at radius 1 is 0.451 bits per heavy atom. The number of carbonyl (C=O) groups is 2. The van der Waals surface area contributed by atoms with Gasteiger partial charge in [0.25, 0.3) is 0 Å². The van der Waals surface area contributed by atoms with Gasteiger partial charge >= 0.3 is 19.8 Å². The second-order valence-corrected chi connectivity index (χ2v) is 21.4. The van der Waals surface area contributed by atoms with Crippen molar-refractivity contribution in [2.45, 2.75) is 232 Å². The smallest absolute Gasteiger partial charge is 0.462 e. The summed E-state index contributed by atoms with van der Waals surface area (Å²) in [6.07, 6.45) is 70.5. The first kappa shape index (κ1) is 67.9. The first-order valence-electron chi connectivity index (χ1n) is 28.5. The molecule has 0 aliphatic carbocycles. The number of quaternary nitrogens is 1. The van der Waals surface area contributed by atoms with Crippen LogP contribution in [0.1, 0.15) is 226 Å². The monoisotopic (exact) mass is 1010 g/mol. The van der Waals surface area contributed by atoms with E-state index in [2.05, 4.69) is 111 Å². The Kier molecular flexibility index (Phi) is 49.6. The van der Waals surface area contributed by atoms with Crippen LogP contribution in [0.15, 0.2) is 97.2 Å². The van der Waals surface area contributed by atoms with Gasteiger partial charge in [-0.25, -0.2) is 4.57 Å². The molecule has 71 heavy (non-hydrogen) atoms. The Morgan fingerprint density at radius 3 is 1.20 bits per heavy atom. The molecule has 0 saturated heterocycles. The lowest BCUT2D eigenvalue weighted by atomic mass is 10.0. The summed E-state index contributed by atoms with van der Waals surface area (Å²) in [6, 6.07) is 0. The highest BCUT2D eigenvalue weighted by Crippen LogP contribution is 2.43. The molecule has 0 rings (SSSR count). The van der Waals surface area contributed by atoms with E-state index < -0.39 is 26.5 Å². The lowest BCUT2D eigenvalue weighted by molar-refractivity contribution is -0.870. The highest BCUT2D eigenvalue weighted by atomic mass is 31.2. The number of likely N-dealkylation sites (N-methyl/N-ethyl adjacent to an activating group) is 1. The van der Waals surface area contributed by atoms with Gasteiger partial charge in [-0.3, -0.25) is 18.6 Å². The molecule has 0 aromatic rings. The highest BCUT2D eigenvalue weighted by Gasteiger charge is 2.27. The first-order chi connectivity index (χ1) is 34.5. The zero-order chi connectivity index (χ0) is 52.0. The number of hydrogen-bond acceptors (Lipinski definition) is 7.